The Hall–Kier alpha value is -2.18. The first-order chi connectivity index (χ1) is 11.6. The Bertz CT molecular complexity index is 825. The molecule has 24 heavy (non-hydrogen) atoms. The number of carbonyl (C=O) groups excluding carboxylic acids is 2. The topological polar surface area (TPSA) is 59.8 Å². The Kier molecular flexibility index (Phi) is 3.86. The lowest BCUT2D eigenvalue weighted by Crippen LogP contribution is -2.36. The molecule has 5 nitrogen and oxygen atoms in total. The number of rotatable bonds is 2. The number of ether oxygens (including phenoxy) is 1. The van der Waals surface area contributed by atoms with Gasteiger partial charge >= 0.3 is 0 Å². The monoisotopic (exact) mass is 387 g/mol. The van der Waals surface area contributed by atoms with Gasteiger partial charge < -0.3 is 14.1 Å². The second-order valence-electron chi connectivity index (χ2n) is 5.66. The Labute approximate surface area is 147 Å². The van der Waals surface area contributed by atoms with Crippen molar-refractivity contribution in [2.24, 2.45) is 0 Å². The van der Waals surface area contributed by atoms with E-state index >= 15 is 0 Å². The second kappa shape index (κ2) is 6.03. The van der Waals surface area contributed by atoms with Gasteiger partial charge in [0.05, 0.1) is 23.3 Å². The predicted octanol–water partition coefficient (Wildman–Crippen LogP) is 3.34. The average molecular weight is 388 g/mol. The normalized spacial score (nSPS) is 17.4. The number of benzene rings is 1. The minimum atomic E-state index is -0.254. The minimum absolute atomic E-state index is 0.144. The predicted molar refractivity (Wildman–Crippen MR) is 92.5 cm³/mol. The molecule has 6 heteroatoms. The van der Waals surface area contributed by atoms with E-state index in [9.17, 15) is 9.59 Å². The van der Waals surface area contributed by atoms with E-state index in [1.807, 2.05) is 0 Å². The van der Waals surface area contributed by atoms with E-state index in [4.69, 9.17) is 9.15 Å². The smallest absolute Gasteiger partial charge is 0.210 e. The summed E-state index contributed by atoms with van der Waals surface area (Å²) in [7, 11) is 0. The molecular formula is C18H14BrNO4. The van der Waals surface area contributed by atoms with Crippen LogP contribution in [-0.2, 0) is 4.74 Å². The molecule has 0 saturated carbocycles. The van der Waals surface area contributed by atoms with Gasteiger partial charge in [0.1, 0.15) is 5.76 Å². The fraction of sp³-hybridized carbons (Fsp3) is 0.222. The average Bonchev–Trinajstić information content (AvgIpc) is 3.09. The van der Waals surface area contributed by atoms with Gasteiger partial charge in [-0.1, -0.05) is 24.3 Å². The maximum absolute atomic E-state index is 12.4. The van der Waals surface area contributed by atoms with Gasteiger partial charge in [-0.25, -0.2) is 0 Å². The van der Waals surface area contributed by atoms with Crippen molar-refractivity contribution in [3.05, 3.63) is 57.3 Å². The van der Waals surface area contributed by atoms with Crippen LogP contribution in [0, 0.1) is 0 Å². The molecule has 0 atom stereocenters. The number of furan rings is 1. The van der Waals surface area contributed by atoms with Crippen LogP contribution in [0.2, 0.25) is 0 Å². The molecule has 0 bridgehead atoms. The van der Waals surface area contributed by atoms with Crippen molar-refractivity contribution in [2.45, 2.75) is 0 Å². The fourth-order valence-corrected chi connectivity index (χ4v) is 3.53. The highest BCUT2D eigenvalue weighted by molar-refractivity contribution is 9.10. The number of anilines is 1. The molecule has 0 unspecified atom stereocenters. The third-order valence-electron chi connectivity index (χ3n) is 4.18. The molecule has 2 aliphatic rings. The van der Waals surface area contributed by atoms with Crippen LogP contribution < -0.4 is 4.90 Å². The molecule has 1 saturated heterocycles. The largest absolute Gasteiger partial charge is 0.440 e. The molecule has 0 spiro atoms. The number of halogens is 1. The first-order valence-electron chi connectivity index (χ1n) is 7.67. The van der Waals surface area contributed by atoms with Crippen LogP contribution in [-0.4, -0.2) is 37.9 Å². The molecule has 1 aromatic heterocycles. The standard InChI is InChI=1S/C18H14BrNO4/c19-15-10-11(24-18(15)20-5-7-23-8-6-20)9-14-16(21)12-3-1-2-4-13(12)17(14)22/h1-4,9-10H,5-8H2. The van der Waals surface area contributed by atoms with Gasteiger partial charge in [-0.2, -0.15) is 0 Å². The quantitative estimate of drug-likeness (QED) is 0.584. The summed E-state index contributed by atoms with van der Waals surface area (Å²) < 4.78 is 12.0. The molecule has 1 aliphatic heterocycles. The molecule has 4 rings (SSSR count). The minimum Gasteiger partial charge on any atom is -0.440 e. The Morgan fingerprint density at radius 2 is 1.67 bits per heavy atom. The lowest BCUT2D eigenvalue weighted by Gasteiger charge is -2.26. The van der Waals surface area contributed by atoms with E-state index in [1.54, 1.807) is 30.3 Å². The van der Waals surface area contributed by atoms with Crippen LogP contribution in [0.4, 0.5) is 5.88 Å². The molecule has 1 aromatic carbocycles. The number of morpholine rings is 1. The third-order valence-corrected chi connectivity index (χ3v) is 4.75. The summed E-state index contributed by atoms with van der Waals surface area (Å²) in [5.74, 6) is 0.667. The van der Waals surface area contributed by atoms with Crippen molar-refractivity contribution in [2.75, 3.05) is 31.2 Å². The van der Waals surface area contributed by atoms with Gasteiger partial charge in [0.2, 0.25) is 5.88 Å². The van der Waals surface area contributed by atoms with Gasteiger partial charge in [0, 0.05) is 30.3 Å². The van der Waals surface area contributed by atoms with Crippen molar-refractivity contribution in [3.63, 3.8) is 0 Å². The van der Waals surface area contributed by atoms with Crippen molar-refractivity contribution < 1.29 is 18.7 Å². The zero-order chi connectivity index (χ0) is 16.7. The van der Waals surface area contributed by atoms with Crippen molar-refractivity contribution in [3.8, 4) is 0 Å². The van der Waals surface area contributed by atoms with E-state index in [-0.39, 0.29) is 17.1 Å². The summed E-state index contributed by atoms with van der Waals surface area (Å²) in [5.41, 5.74) is 1.05. The van der Waals surface area contributed by atoms with Gasteiger partial charge in [0.15, 0.2) is 11.6 Å². The highest BCUT2D eigenvalue weighted by Crippen LogP contribution is 2.34. The number of fused-ring (bicyclic) bond motifs is 1. The number of hydrogen-bond acceptors (Lipinski definition) is 5. The van der Waals surface area contributed by atoms with Crippen LogP contribution in [0.1, 0.15) is 26.5 Å². The molecular weight excluding hydrogens is 374 g/mol. The third kappa shape index (κ3) is 2.52. The maximum Gasteiger partial charge on any atom is 0.210 e. The molecule has 2 aromatic rings. The Morgan fingerprint density at radius 1 is 1.04 bits per heavy atom. The molecule has 0 amide bonds. The first kappa shape index (κ1) is 15.4. The lowest BCUT2D eigenvalue weighted by molar-refractivity contribution is 0.0990. The van der Waals surface area contributed by atoms with E-state index < -0.39 is 0 Å². The first-order valence-corrected chi connectivity index (χ1v) is 8.46. The highest BCUT2D eigenvalue weighted by atomic mass is 79.9. The summed E-state index contributed by atoms with van der Waals surface area (Å²) in [4.78, 5) is 26.9. The fourth-order valence-electron chi connectivity index (χ4n) is 2.98. The SMILES string of the molecule is O=C1C(=Cc2cc(Br)c(N3CCOCC3)o2)C(=O)c2ccccc21. The summed E-state index contributed by atoms with van der Waals surface area (Å²) in [6.45, 7) is 2.78. The molecule has 1 aliphatic carbocycles. The summed E-state index contributed by atoms with van der Waals surface area (Å²) in [6.07, 6.45) is 1.53. The molecule has 1 fully saturated rings. The lowest BCUT2D eigenvalue weighted by atomic mass is 10.1. The van der Waals surface area contributed by atoms with Gasteiger partial charge in [-0.05, 0) is 22.0 Å². The second-order valence-corrected chi connectivity index (χ2v) is 6.52. The number of nitrogens with zero attached hydrogens (tertiary/aromatic N) is 1. The van der Waals surface area contributed by atoms with Crippen molar-refractivity contribution in [1.82, 2.24) is 0 Å². The van der Waals surface area contributed by atoms with Gasteiger partial charge in [0.25, 0.3) is 0 Å². The van der Waals surface area contributed by atoms with E-state index in [1.165, 1.54) is 6.08 Å². The number of carbonyl (C=O) groups is 2. The van der Waals surface area contributed by atoms with Gasteiger partial charge in [-0.3, -0.25) is 9.59 Å². The molecule has 122 valence electrons. The van der Waals surface area contributed by atoms with E-state index in [2.05, 4.69) is 20.8 Å². The van der Waals surface area contributed by atoms with Crippen molar-refractivity contribution in [1.29, 1.82) is 0 Å². The van der Waals surface area contributed by atoms with Gasteiger partial charge in [-0.15, -0.1) is 0 Å². The summed E-state index contributed by atoms with van der Waals surface area (Å²) in [5, 5.41) is 0. The zero-order valence-corrected chi connectivity index (χ0v) is 14.3. The van der Waals surface area contributed by atoms with Crippen LogP contribution in [0.3, 0.4) is 0 Å². The maximum atomic E-state index is 12.4. The van der Waals surface area contributed by atoms with Crippen LogP contribution in [0.5, 0.6) is 0 Å². The Morgan fingerprint density at radius 3 is 2.29 bits per heavy atom. The number of allylic oxidation sites excluding steroid dienone is 1. The number of hydrogen-bond donors (Lipinski definition) is 0. The van der Waals surface area contributed by atoms with Crippen LogP contribution >= 0.6 is 15.9 Å². The highest BCUT2D eigenvalue weighted by Gasteiger charge is 2.33. The molecule has 0 N–H and O–H groups in total. The van der Waals surface area contributed by atoms with E-state index in [0.29, 0.717) is 36.0 Å². The summed E-state index contributed by atoms with van der Waals surface area (Å²) in [6, 6.07) is 8.64. The zero-order valence-electron chi connectivity index (χ0n) is 12.8. The van der Waals surface area contributed by atoms with Crippen molar-refractivity contribution >= 4 is 39.5 Å². The molecule has 0 radical (unpaired) electrons. The number of Topliss-reactive ketones (excluding diaryl/α,β-unsaturated/α-hetero) is 2. The van der Waals surface area contributed by atoms with E-state index in [0.717, 1.165) is 17.6 Å². The van der Waals surface area contributed by atoms with Crippen LogP contribution in [0.25, 0.3) is 6.08 Å². The molecule has 2 heterocycles. The van der Waals surface area contributed by atoms with Crippen LogP contribution in [0.15, 0.2) is 44.8 Å². The summed E-state index contributed by atoms with van der Waals surface area (Å²) >= 11 is 3.49. The Balaban J connectivity index is 1.67. The number of ketones is 2.